The number of benzene rings is 1. The Morgan fingerprint density at radius 2 is 2.00 bits per heavy atom. The summed E-state index contributed by atoms with van der Waals surface area (Å²) in [6.45, 7) is 2.07. The average molecular weight is 187 g/mol. The SMILES string of the molecule is Cc1ccccc1-c1ncc(N)n1C. The molecule has 0 aliphatic heterocycles. The smallest absolute Gasteiger partial charge is 0.141 e. The summed E-state index contributed by atoms with van der Waals surface area (Å²) in [5.74, 6) is 1.60. The minimum atomic E-state index is 0.684. The highest BCUT2D eigenvalue weighted by molar-refractivity contribution is 5.62. The first-order chi connectivity index (χ1) is 6.70. The molecule has 0 unspecified atom stereocenters. The molecule has 0 amide bonds. The van der Waals surface area contributed by atoms with Crippen LogP contribution < -0.4 is 5.73 Å². The summed E-state index contributed by atoms with van der Waals surface area (Å²) in [5.41, 5.74) is 8.07. The van der Waals surface area contributed by atoms with Crippen LogP contribution in [0.3, 0.4) is 0 Å². The molecule has 0 radical (unpaired) electrons. The molecule has 0 saturated carbocycles. The van der Waals surface area contributed by atoms with E-state index in [0.717, 1.165) is 11.4 Å². The van der Waals surface area contributed by atoms with Gasteiger partial charge >= 0.3 is 0 Å². The maximum Gasteiger partial charge on any atom is 0.141 e. The molecule has 0 spiro atoms. The topological polar surface area (TPSA) is 43.8 Å². The standard InChI is InChI=1S/C11H13N3/c1-8-5-3-4-6-9(8)11-13-7-10(12)14(11)2/h3-7H,12H2,1-2H3. The fourth-order valence-corrected chi connectivity index (χ4v) is 1.50. The molecule has 1 aromatic heterocycles. The summed E-state index contributed by atoms with van der Waals surface area (Å²) in [5, 5.41) is 0. The van der Waals surface area contributed by atoms with Crippen molar-refractivity contribution >= 4 is 5.82 Å². The highest BCUT2D eigenvalue weighted by Crippen LogP contribution is 2.22. The lowest BCUT2D eigenvalue weighted by molar-refractivity contribution is 0.935. The van der Waals surface area contributed by atoms with Crippen LogP contribution in [0.1, 0.15) is 5.56 Å². The maximum absolute atomic E-state index is 5.73. The summed E-state index contributed by atoms with van der Waals surface area (Å²) in [6, 6.07) is 8.15. The third-order valence-corrected chi connectivity index (χ3v) is 2.41. The van der Waals surface area contributed by atoms with Gasteiger partial charge < -0.3 is 10.3 Å². The molecule has 0 fully saturated rings. The summed E-state index contributed by atoms with van der Waals surface area (Å²) in [7, 11) is 1.92. The Bertz CT molecular complexity index is 457. The molecular weight excluding hydrogens is 174 g/mol. The Morgan fingerprint density at radius 3 is 2.57 bits per heavy atom. The van der Waals surface area contributed by atoms with Crippen LogP contribution in [-0.4, -0.2) is 9.55 Å². The van der Waals surface area contributed by atoms with Crippen molar-refractivity contribution in [1.82, 2.24) is 9.55 Å². The molecule has 0 bridgehead atoms. The molecule has 72 valence electrons. The van der Waals surface area contributed by atoms with Crippen molar-refractivity contribution in [3.63, 3.8) is 0 Å². The molecule has 2 aromatic rings. The molecule has 2 N–H and O–H groups in total. The van der Waals surface area contributed by atoms with Crippen molar-refractivity contribution in [3.8, 4) is 11.4 Å². The van der Waals surface area contributed by atoms with E-state index >= 15 is 0 Å². The highest BCUT2D eigenvalue weighted by Gasteiger charge is 2.07. The van der Waals surface area contributed by atoms with Crippen LogP contribution in [0.2, 0.25) is 0 Å². The van der Waals surface area contributed by atoms with Crippen LogP contribution in [0.15, 0.2) is 30.5 Å². The zero-order valence-electron chi connectivity index (χ0n) is 8.36. The van der Waals surface area contributed by atoms with Crippen molar-refractivity contribution < 1.29 is 0 Å². The molecular formula is C11H13N3. The number of nitrogen functional groups attached to an aromatic ring is 1. The second kappa shape index (κ2) is 3.18. The van der Waals surface area contributed by atoms with Crippen molar-refractivity contribution in [1.29, 1.82) is 0 Å². The average Bonchev–Trinajstić information content (AvgIpc) is 2.49. The normalized spacial score (nSPS) is 10.4. The van der Waals surface area contributed by atoms with Gasteiger partial charge in [-0.3, -0.25) is 0 Å². The lowest BCUT2D eigenvalue weighted by Gasteiger charge is -2.05. The zero-order valence-corrected chi connectivity index (χ0v) is 8.36. The lowest BCUT2D eigenvalue weighted by Crippen LogP contribution is -1.98. The van der Waals surface area contributed by atoms with Gasteiger partial charge in [-0.25, -0.2) is 4.98 Å². The summed E-state index contributed by atoms with van der Waals surface area (Å²) in [6.07, 6.45) is 1.68. The monoisotopic (exact) mass is 187 g/mol. The Morgan fingerprint density at radius 1 is 1.29 bits per heavy atom. The van der Waals surface area contributed by atoms with E-state index in [1.54, 1.807) is 6.20 Å². The first-order valence-corrected chi connectivity index (χ1v) is 4.53. The van der Waals surface area contributed by atoms with Gasteiger partial charge in [0.1, 0.15) is 11.6 Å². The van der Waals surface area contributed by atoms with Gasteiger partial charge in [0, 0.05) is 12.6 Å². The number of nitrogens with two attached hydrogens (primary N) is 1. The van der Waals surface area contributed by atoms with Gasteiger partial charge in [-0.05, 0) is 12.5 Å². The molecule has 0 aliphatic rings. The third-order valence-electron chi connectivity index (χ3n) is 2.41. The molecule has 0 saturated heterocycles. The van der Waals surface area contributed by atoms with Crippen molar-refractivity contribution in [2.75, 3.05) is 5.73 Å². The van der Waals surface area contributed by atoms with E-state index in [-0.39, 0.29) is 0 Å². The first kappa shape index (κ1) is 8.81. The Kier molecular flexibility index (Phi) is 2.00. The minimum Gasteiger partial charge on any atom is -0.384 e. The largest absolute Gasteiger partial charge is 0.384 e. The first-order valence-electron chi connectivity index (χ1n) is 4.53. The highest BCUT2D eigenvalue weighted by atomic mass is 15.1. The van der Waals surface area contributed by atoms with Gasteiger partial charge in [0.25, 0.3) is 0 Å². The van der Waals surface area contributed by atoms with Gasteiger partial charge in [-0.2, -0.15) is 0 Å². The Hall–Kier alpha value is -1.77. The molecule has 0 atom stereocenters. The second-order valence-electron chi connectivity index (χ2n) is 3.38. The maximum atomic E-state index is 5.73. The predicted octanol–water partition coefficient (Wildman–Crippen LogP) is 1.98. The van der Waals surface area contributed by atoms with Gasteiger partial charge in [0.05, 0.1) is 6.20 Å². The molecule has 2 rings (SSSR count). The van der Waals surface area contributed by atoms with E-state index in [1.807, 2.05) is 23.7 Å². The minimum absolute atomic E-state index is 0.684. The van der Waals surface area contributed by atoms with E-state index in [2.05, 4.69) is 24.0 Å². The van der Waals surface area contributed by atoms with Gasteiger partial charge in [0.2, 0.25) is 0 Å². The van der Waals surface area contributed by atoms with E-state index in [0.29, 0.717) is 5.82 Å². The fraction of sp³-hybridized carbons (Fsp3) is 0.182. The van der Waals surface area contributed by atoms with Crippen LogP contribution in [0.4, 0.5) is 5.82 Å². The van der Waals surface area contributed by atoms with Crippen molar-refractivity contribution in [3.05, 3.63) is 36.0 Å². The molecule has 3 nitrogen and oxygen atoms in total. The van der Waals surface area contributed by atoms with E-state index < -0.39 is 0 Å². The fourth-order valence-electron chi connectivity index (χ4n) is 1.50. The van der Waals surface area contributed by atoms with Gasteiger partial charge in [-0.15, -0.1) is 0 Å². The van der Waals surface area contributed by atoms with Crippen LogP contribution in [0.25, 0.3) is 11.4 Å². The van der Waals surface area contributed by atoms with Crippen molar-refractivity contribution in [2.24, 2.45) is 7.05 Å². The van der Waals surface area contributed by atoms with Crippen LogP contribution in [0.5, 0.6) is 0 Å². The number of aryl methyl sites for hydroxylation is 1. The molecule has 3 heteroatoms. The van der Waals surface area contributed by atoms with E-state index in [1.165, 1.54) is 5.56 Å². The van der Waals surface area contributed by atoms with E-state index in [9.17, 15) is 0 Å². The molecule has 0 aliphatic carbocycles. The van der Waals surface area contributed by atoms with Gasteiger partial charge in [0.15, 0.2) is 0 Å². The summed E-state index contributed by atoms with van der Waals surface area (Å²) >= 11 is 0. The van der Waals surface area contributed by atoms with Crippen LogP contribution >= 0.6 is 0 Å². The summed E-state index contributed by atoms with van der Waals surface area (Å²) < 4.78 is 1.89. The number of nitrogens with zero attached hydrogens (tertiary/aromatic N) is 2. The molecule has 1 heterocycles. The summed E-state index contributed by atoms with van der Waals surface area (Å²) in [4.78, 5) is 4.28. The predicted molar refractivity (Wildman–Crippen MR) is 57.8 cm³/mol. The Balaban J connectivity index is 2.60. The van der Waals surface area contributed by atoms with E-state index in [4.69, 9.17) is 5.73 Å². The number of imidazole rings is 1. The second-order valence-corrected chi connectivity index (χ2v) is 3.38. The zero-order chi connectivity index (χ0) is 10.1. The quantitative estimate of drug-likeness (QED) is 0.741. The van der Waals surface area contributed by atoms with Crippen LogP contribution in [0, 0.1) is 6.92 Å². The number of anilines is 1. The molecule has 1 aromatic carbocycles. The van der Waals surface area contributed by atoms with Crippen molar-refractivity contribution in [2.45, 2.75) is 6.92 Å². The number of hydrogen-bond donors (Lipinski definition) is 1. The molecule has 14 heavy (non-hydrogen) atoms. The third kappa shape index (κ3) is 1.27. The van der Waals surface area contributed by atoms with Crippen LogP contribution in [-0.2, 0) is 7.05 Å². The number of aromatic nitrogens is 2. The Labute approximate surface area is 83.2 Å². The lowest BCUT2D eigenvalue weighted by atomic mass is 10.1. The van der Waals surface area contributed by atoms with Gasteiger partial charge in [-0.1, -0.05) is 24.3 Å². The number of hydrogen-bond acceptors (Lipinski definition) is 2. The number of rotatable bonds is 1.